The molecule has 13 N–H and O–H groups in total. The number of hydrogen-bond donors (Lipinski definition) is 9. The fourth-order valence-corrected chi connectivity index (χ4v) is 2.75. The summed E-state index contributed by atoms with van der Waals surface area (Å²) in [5.74, 6) is -4.79. The lowest BCUT2D eigenvalue weighted by molar-refractivity contribution is -0.138. The second-order valence-electron chi connectivity index (χ2n) is 7.24. The van der Waals surface area contributed by atoms with E-state index in [9.17, 15) is 24.0 Å². The maximum atomic E-state index is 12.9. The molecular formula is C18H30N10O6. The Morgan fingerprint density at radius 3 is 2.29 bits per heavy atom. The van der Waals surface area contributed by atoms with Crippen molar-refractivity contribution in [3.8, 4) is 0 Å². The van der Waals surface area contributed by atoms with Crippen molar-refractivity contribution in [3.63, 3.8) is 0 Å². The minimum Gasteiger partial charge on any atom is -0.480 e. The van der Waals surface area contributed by atoms with E-state index < -0.39 is 60.7 Å². The first-order valence-corrected chi connectivity index (χ1v) is 10.2. The Kier molecular flexibility index (Phi) is 11.5. The van der Waals surface area contributed by atoms with E-state index in [2.05, 4.69) is 30.9 Å². The number of guanidine groups is 1. The van der Waals surface area contributed by atoms with Crippen molar-refractivity contribution in [2.24, 2.45) is 27.9 Å². The van der Waals surface area contributed by atoms with Gasteiger partial charge in [-0.25, -0.2) is 4.98 Å². The van der Waals surface area contributed by atoms with Gasteiger partial charge in [0.25, 0.3) is 0 Å². The van der Waals surface area contributed by atoms with E-state index in [4.69, 9.17) is 28.0 Å². The van der Waals surface area contributed by atoms with Crippen LogP contribution in [-0.4, -0.2) is 81.8 Å². The molecule has 0 aromatic carbocycles. The van der Waals surface area contributed by atoms with Crippen molar-refractivity contribution in [3.05, 3.63) is 18.2 Å². The van der Waals surface area contributed by atoms with E-state index in [0.29, 0.717) is 5.69 Å². The van der Waals surface area contributed by atoms with Crippen LogP contribution in [0.4, 0.5) is 0 Å². The first-order valence-electron chi connectivity index (χ1n) is 10.2. The number of H-pyrrole nitrogens is 1. The predicted octanol–water partition coefficient (Wildman–Crippen LogP) is -4.62. The van der Waals surface area contributed by atoms with Gasteiger partial charge in [-0.15, -0.1) is 0 Å². The number of rotatable bonds is 15. The van der Waals surface area contributed by atoms with Crippen LogP contribution in [0.3, 0.4) is 0 Å². The van der Waals surface area contributed by atoms with E-state index in [0.717, 1.165) is 0 Å². The molecule has 0 spiro atoms. The van der Waals surface area contributed by atoms with Gasteiger partial charge in [-0.2, -0.15) is 0 Å². The van der Waals surface area contributed by atoms with Crippen molar-refractivity contribution in [2.45, 2.75) is 43.8 Å². The van der Waals surface area contributed by atoms with Crippen LogP contribution in [0.25, 0.3) is 0 Å². The SMILES string of the molecule is NC(=O)CC(NC(=O)C(CCCN=C(N)N)NC(=O)C(N)Cc1cnc[nH]1)C(=O)NCC(=O)O. The maximum Gasteiger partial charge on any atom is 0.322 e. The summed E-state index contributed by atoms with van der Waals surface area (Å²) in [5.41, 5.74) is 22.2. The number of carboxylic acid groups (broad SMARTS) is 1. The van der Waals surface area contributed by atoms with E-state index in [1.807, 2.05) is 0 Å². The molecule has 3 unspecified atom stereocenters. The number of carboxylic acids is 1. The first kappa shape index (κ1) is 27.8. The molecule has 0 aliphatic heterocycles. The summed E-state index contributed by atoms with van der Waals surface area (Å²) in [6.45, 7) is -0.572. The second-order valence-corrected chi connectivity index (χ2v) is 7.24. The molecule has 1 heterocycles. The summed E-state index contributed by atoms with van der Waals surface area (Å²) in [6, 6.07) is -3.65. The van der Waals surface area contributed by atoms with Gasteiger partial charge in [0.2, 0.25) is 23.6 Å². The monoisotopic (exact) mass is 482 g/mol. The third-order valence-electron chi connectivity index (χ3n) is 4.36. The molecule has 16 nitrogen and oxygen atoms in total. The van der Waals surface area contributed by atoms with Gasteiger partial charge in [0, 0.05) is 24.9 Å². The van der Waals surface area contributed by atoms with Crippen LogP contribution >= 0.6 is 0 Å². The Bertz CT molecular complexity index is 884. The van der Waals surface area contributed by atoms with Gasteiger partial charge in [0.1, 0.15) is 18.6 Å². The molecular weight excluding hydrogens is 452 g/mol. The first-order chi connectivity index (χ1) is 16.0. The third kappa shape index (κ3) is 10.9. The van der Waals surface area contributed by atoms with Crippen molar-refractivity contribution >= 4 is 35.6 Å². The summed E-state index contributed by atoms with van der Waals surface area (Å²) in [7, 11) is 0. The van der Waals surface area contributed by atoms with E-state index in [-0.39, 0.29) is 31.8 Å². The predicted molar refractivity (Wildman–Crippen MR) is 118 cm³/mol. The summed E-state index contributed by atoms with van der Waals surface area (Å²) >= 11 is 0. The highest BCUT2D eigenvalue weighted by atomic mass is 16.4. The normalized spacial score (nSPS) is 13.1. The smallest absolute Gasteiger partial charge is 0.322 e. The number of aliphatic carboxylic acids is 1. The standard InChI is InChI=1S/C18H30N10O6/c19-10(4-9-6-23-8-26-9)15(32)27-11(2-1-3-24-18(21)22)17(34)28-12(5-13(20)29)16(33)25-7-14(30)31/h6,8,10-12H,1-5,7,19H2,(H2,20,29)(H,23,26)(H,25,33)(H,27,32)(H,28,34)(H,30,31)(H4,21,22,24). The number of nitrogens with zero attached hydrogens (tertiary/aromatic N) is 2. The molecule has 0 aliphatic rings. The maximum absolute atomic E-state index is 12.9. The van der Waals surface area contributed by atoms with Crippen molar-refractivity contribution in [1.82, 2.24) is 25.9 Å². The van der Waals surface area contributed by atoms with E-state index in [1.54, 1.807) is 0 Å². The van der Waals surface area contributed by atoms with Crippen LogP contribution in [0.15, 0.2) is 17.5 Å². The van der Waals surface area contributed by atoms with Gasteiger partial charge in [0.15, 0.2) is 5.96 Å². The minimum atomic E-state index is -1.46. The number of carbonyl (C=O) groups is 5. The number of amides is 4. The Morgan fingerprint density at radius 1 is 1.06 bits per heavy atom. The molecule has 1 aromatic rings. The van der Waals surface area contributed by atoms with Crippen LogP contribution in [-0.2, 0) is 30.4 Å². The number of aliphatic imine (C=N–C) groups is 1. The number of hydrogen-bond acceptors (Lipinski definition) is 8. The summed E-state index contributed by atoms with van der Waals surface area (Å²) in [5, 5.41) is 15.6. The van der Waals surface area contributed by atoms with E-state index >= 15 is 0 Å². The topological polar surface area (TPSA) is 287 Å². The lowest BCUT2D eigenvalue weighted by Crippen LogP contribution is -2.56. The fraction of sp³-hybridized carbons (Fsp3) is 0.500. The number of imidazole rings is 1. The third-order valence-corrected chi connectivity index (χ3v) is 4.36. The minimum absolute atomic E-state index is 0.0607. The van der Waals surface area contributed by atoms with Crippen LogP contribution in [0.1, 0.15) is 25.0 Å². The summed E-state index contributed by atoms with van der Waals surface area (Å²) in [4.78, 5) is 70.1. The average Bonchev–Trinajstić information content (AvgIpc) is 3.25. The number of carbonyl (C=O) groups excluding carboxylic acids is 4. The Morgan fingerprint density at radius 2 is 1.74 bits per heavy atom. The lowest BCUT2D eigenvalue weighted by Gasteiger charge is -2.23. The number of aromatic nitrogens is 2. The highest BCUT2D eigenvalue weighted by molar-refractivity contribution is 5.95. The molecule has 1 rings (SSSR count). The van der Waals surface area contributed by atoms with Gasteiger partial charge in [-0.1, -0.05) is 0 Å². The van der Waals surface area contributed by atoms with Gasteiger partial charge >= 0.3 is 5.97 Å². The molecule has 0 saturated heterocycles. The Hall–Kier alpha value is -4.21. The zero-order valence-electron chi connectivity index (χ0n) is 18.3. The molecule has 1 aromatic heterocycles. The fourth-order valence-electron chi connectivity index (χ4n) is 2.75. The Labute approximate surface area is 194 Å². The number of aromatic amines is 1. The molecule has 0 bridgehead atoms. The van der Waals surface area contributed by atoms with Crippen LogP contribution in [0.5, 0.6) is 0 Å². The summed E-state index contributed by atoms with van der Waals surface area (Å²) in [6.07, 6.45) is 2.79. The zero-order chi connectivity index (χ0) is 25.7. The molecule has 0 saturated carbocycles. The molecule has 0 fully saturated rings. The van der Waals surface area contributed by atoms with Crippen molar-refractivity contribution in [2.75, 3.05) is 13.1 Å². The highest BCUT2D eigenvalue weighted by Gasteiger charge is 2.29. The van der Waals surface area contributed by atoms with Crippen LogP contribution in [0.2, 0.25) is 0 Å². The molecule has 34 heavy (non-hydrogen) atoms. The lowest BCUT2D eigenvalue weighted by atomic mass is 10.1. The van der Waals surface area contributed by atoms with Crippen molar-refractivity contribution < 1.29 is 29.1 Å². The average molecular weight is 483 g/mol. The van der Waals surface area contributed by atoms with E-state index in [1.165, 1.54) is 12.5 Å². The molecule has 3 atom stereocenters. The number of nitrogens with one attached hydrogen (secondary N) is 4. The quantitative estimate of drug-likeness (QED) is 0.0654. The second kappa shape index (κ2) is 14.0. The summed E-state index contributed by atoms with van der Waals surface area (Å²) < 4.78 is 0. The molecule has 4 amide bonds. The number of primary amides is 1. The molecule has 16 heteroatoms. The van der Waals surface area contributed by atoms with Crippen LogP contribution in [0, 0.1) is 0 Å². The highest BCUT2D eigenvalue weighted by Crippen LogP contribution is 2.04. The largest absolute Gasteiger partial charge is 0.480 e. The Balaban J connectivity index is 2.91. The van der Waals surface area contributed by atoms with Gasteiger partial charge in [0.05, 0.1) is 18.8 Å². The number of nitrogens with two attached hydrogens (primary N) is 4. The van der Waals surface area contributed by atoms with Crippen molar-refractivity contribution in [1.29, 1.82) is 0 Å². The molecule has 188 valence electrons. The van der Waals surface area contributed by atoms with Gasteiger partial charge < -0.3 is 49.0 Å². The zero-order valence-corrected chi connectivity index (χ0v) is 18.3. The van der Waals surface area contributed by atoms with Gasteiger partial charge in [-0.3, -0.25) is 29.0 Å². The van der Waals surface area contributed by atoms with Crippen LogP contribution < -0.4 is 38.9 Å². The molecule has 0 radical (unpaired) electrons. The molecule has 0 aliphatic carbocycles. The van der Waals surface area contributed by atoms with Gasteiger partial charge in [-0.05, 0) is 12.8 Å².